The number of aliphatic hydroxyl groups is 1. The third-order valence-electron chi connectivity index (χ3n) is 6.76. The minimum atomic E-state index is -4.94. The number of carboxylic acid groups (broad SMARTS) is 1. The Labute approximate surface area is 232 Å². The topological polar surface area (TPSA) is 240 Å². The van der Waals surface area contributed by atoms with Gasteiger partial charge >= 0.3 is 16.3 Å². The predicted octanol–water partition coefficient (Wildman–Crippen LogP) is 0.0375. The molecule has 0 bridgehead atoms. The largest absolute Gasteiger partial charge is 0.478 e. The minimum absolute atomic E-state index is 0.00947. The molecule has 1 aliphatic carbocycles. The highest BCUT2D eigenvalue weighted by atomic mass is 32.2. The second-order valence-corrected chi connectivity index (χ2v) is 11.8. The average Bonchev–Trinajstić information content (AvgIpc) is 3.36. The molecule has 3 heterocycles. The van der Waals surface area contributed by atoms with Crippen LogP contribution < -0.4 is 5.73 Å². The van der Waals surface area contributed by atoms with Crippen LogP contribution in [0.5, 0.6) is 0 Å². The number of hydrogen-bond donors (Lipinski definition) is 4. The molecule has 1 aliphatic heterocycles. The number of aliphatic hydroxyl groups excluding tert-OH is 1. The molecule has 0 radical (unpaired) electrons. The second kappa shape index (κ2) is 11.6. The number of hydrogen-bond acceptors (Lipinski definition) is 13. The Hall–Kier alpha value is -3.48. The maximum absolute atomic E-state index is 13.3. The third-order valence-corrected chi connectivity index (χ3v) is 8.39. The number of thiazole rings is 1. The average molecular weight is 600 g/mol. The number of carbonyl (C=O) groups excluding carboxylic acids is 2. The van der Waals surface area contributed by atoms with E-state index in [0.29, 0.717) is 31.4 Å². The molecule has 5 N–H and O–H groups in total. The van der Waals surface area contributed by atoms with Gasteiger partial charge in [0.05, 0.1) is 36.5 Å². The number of rotatable bonds is 15. The van der Waals surface area contributed by atoms with E-state index in [0.717, 1.165) is 11.3 Å². The number of anilines is 1. The number of nitrogens with two attached hydrogens (primary N) is 1. The lowest BCUT2D eigenvalue weighted by Crippen LogP contribution is -2.64. The van der Waals surface area contributed by atoms with Gasteiger partial charge in [0.2, 0.25) is 11.5 Å². The fraction of sp³-hybridized carbons (Fsp3) is 0.591. The summed E-state index contributed by atoms with van der Waals surface area (Å²) in [5.74, 6) is -4.22. The van der Waals surface area contributed by atoms with Crippen molar-refractivity contribution in [3.05, 3.63) is 23.0 Å². The van der Waals surface area contributed by atoms with Crippen LogP contribution in [0.15, 0.2) is 16.7 Å². The molecule has 16 nitrogen and oxygen atoms in total. The Morgan fingerprint density at radius 3 is 2.67 bits per heavy atom. The van der Waals surface area contributed by atoms with Gasteiger partial charge in [-0.05, 0) is 25.7 Å². The minimum Gasteiger partial charge on any atom is -0.478 e. The van der Waals surface area contributed by atoms with E-state index in [1.54, 1.807) is 0 Å². The number of nitrogens with zero attached hydrogens (tertiary/aromatic N) is 6. The van der Waals surface area contributed by atoms with Gasteiger partial charge in [-0.3, -0.25) is 14.1 Å². The van der Waals surface area contributed by atoms with Gasteiger partial charge in [0.1, 0.15) is 5.69 Å². The standard InChI is InChI=1S/C22H29N7O9S2/c1-2-13(30)5-3-4-12-9-24-28(26-12)10-16-14(19(32)29(16)40(35,36)37)8-17(31)18(15-11-39-21(23)25-15)27-38-22(6-7-22)20(33)34/h9,11,13-14,16,30H,2-8,10H2,1H3,(H2,23,25)(H,33,34)(H,35,36,37)/b27-18-/t13?,14-,16+/m0/s1. The molecule has 0 aromatic carbocycles. The van der Waals surface area contributed by atoms with Crippen LogP contribution in [0.3, 0.4) is 0 Å². The number of amides is 1. The van der Waals surface area contributed by atoms with E-state index < -0.39 is 58.0 Å². The first-order chi connectivity index (χ1) is 18.8. The molecule has 3 atom stereocenters. The Morgan fingerprint density at radius 1 is 1.38 bits per heavy atom. The van der Waals surface area contributed by atoms with Crippen LogP contribution >= 0.6 is 11.3 Å². The summed E-state index contributed by atoms with van der Waals surface area (Å²) in [5, 5.41) is 32.7. The van der Waals surface area contributed by atoms with E-state index in [-0.39, 0.29) is 40.2 Å². The van der Waals surface area contributed by atoms with Crippen LogP contribution in [0.25, 0.3) is 0 Å². The molecule has 0 spiro atoms. The smallest absolute Gasteiger partial charge is 0.362 e. The van der Waals surface area contributed by atoms with Crippen molar-refractivity contribution >= 4 is 50.1 Å². The highest BCUT2D eigenvalue weighted by molar-refractivity contribution is 7.84. The molecule has 218 valence electrons. The van der Waals surface area contributed by atoms with Crippen LogP contribution in [0, 0.1) is 5.92 Å². The number of Topliss-reactive ketones (excluding diaryl/α,β-unsaturated/α-hetero) is 1. The van der Waals surface area contributed by atoms with Crippen molar-refractivity contribution in [3.8, 4) is 0 Å². The monoisotopic (exact) mass is 599 g/mol. The Morgan fingerprint density at radius 2 is 2.10 bits per heavy atom. The quantitative estimate of drug-likeness (QED) is 0.0915. The Bertz CT molecular complexity index is 1420. The summed E-state index contributed by atoms with van der Waals surface area (Å²) >= 11 is 1.00. The summed E-state index contributed by atoms with van der Waals surface area (Å²) in [4.78, 5) is 47.8. The first kappa shape index (κ1) is 29.5. The predicted molar refractivity (Wildman–Crippen MR) is 138 cm³/mol. The molecule has 1 unspecified atom stereocenters. The molecule has 2 fully saturated rings. The van der Waals surface area contributed by atoms with E-state index in [1.807, 2.05) is 6.92 Å². The Kier molecular flexibility index (Phi) is 8.52. The van der Waals surface area contributed by atoms with Gasteiger partial charge in [0.15, 0.2) is 16.6 Å². The summed E-state index contributed by atoms with van der Waals surface area (Å²) in [7, 11) is -4.94. The number of nitrogen functional groups attached to an aromatic ring is 1. The normalized spacial score (nSPS) is 21.1. The lowest BCUT2D eigenvalue weighted by Gasteiger charge is -2.43. The van der Waals surface area contributed by atoms with Crippen molar-refractivity contribution in [1.82, 2.24) is 24.3 Å². The first-order valence-electron chi connectivity index (χ1n) is 12.5. The van der Waals surface area contributed by atoms with Crippen molar-refractivity contribution in [1.29, 1.82) is 0 Å². The van der Waals surface area contributed by atoms with Crippen molar-refractivity contribution in [3.63, 3.8) is 0 Å². The highest BCUT2D eigenvalue weighted by Crippen LogP contribution is 2.40. The van der Waals surface area contributed by atoms with Crippen LogP contribution in [-0.4, -0.2) is 88.6 Å². The highest BCUT2D eigenvalue weighted by Gasteiger charge is 2.56. The van der Waals surface area contributed by atoms with E-state index in [9.17, 15) is 37.6 Å². The van der Waals surface area contributed by atoms with E-state index >= 15 is 0 Å². The number of aromatic nitrogens is 4. The molecule has 1 amide bonds. The molecular formula is C22H29N7O9S2. The number of aryl methyl sites for hydroxylation is 1. The first-order valence-corrected chi connectivity index (χ1v) is 14.7. The fourth-order valence-corrected chi connectivity index (χ4v) is 5.70. The van der Waals surface area contributed by atoms with Crippen LogP contribution in [0.1, 0.15) is 56.8 Å². The zero-order chi connectivity index (χ0) is 29.2. The zero-order valence-electron chi connectivity index (χ0n) is 21.4. The summed E-state index contributed by atoms with van der Waals surface area (Å²) in [6, 6.07) is -1.19. The third kappa shape index (κ3) is 6.45. The second-order valence-electron chi connectivity index (χ2n) is 9.66. The maximum Gasteiger partial charge on any atom is 0.362 e. The number of aliphatic carboxylic acids is 1. The molecule has 1 saturated heterocycles. The van der Waals surface area contributed by atoms with Crippen LogP contribution in [0.2, 0.25) is 0 Å². The van der Waals surface area contributed by atoms with Crippen molar-refractivity contribution in [2.75, 3.05) is 5.73 Å². The molecular weight excluding hydrogens is 570 g/mol. The number of carboxylic acids is 1. The number of ketones is 1. The molecule has 4 rings (SSSR count). The van der Waals surface area contributed by atoms with E-state index in [1.165, 1.54) is 16.4 Å². The molecule has 2 aliphatic rings. The molecule has 18 heteroatoms. The SMILES string of the molecule is CCC(O)CCCc1cnn(C[C@@H]2[C@H](CC(=O)/C(=N\OC3(C(=O)O)CC3)c3csc(N)n3)C(=O)N2S(=O)(=O)O)n1. The van der Waals surface area contributed by atoms with Gasteiger partial charge in [0, 0.05) is 24.6 Å². The summed E-state index contributed by atoms with van der Waals surface area (Å²) in [6.07, 6.45) is 3.26. The van der Waals surface area contributed by atoms with Crippen molar-refractivity contribution in [2.24, 2.45) is 11.1 Å². The molecule has 2 aromatic heterocycles. The summed E-state index contributed by atoms with van der Waals surface area (Å²) in [6.45, 7) is 1.63. The van der Waals surface area contributed by atoms with Crippen molar-refractivity contribution < 1.29 is 42.4 Å². The summed E-state index contributed by atoms with van der Waals surface area (Å²) in [5.41, 5.74) is 4.34. The lowest BCUT2D eigenvalue weighted by molar-refractivity contribution is -0.153. The lowest BCUT2D eigenvalue weighted by atomic mass is 9.84. The Balaban J connectivity index is 1.51. The zero-order valence-corrected chi connectivity index (χ0v) is 23.0. The number of β-lactam (4-membered cyclic amide) rings is 1. The number of carbonyl (C=O) groups is 3. The summed E-state index contributed by atoms with van der Waals surface area (Å²) < 4.78 is 33.7. The van der Waals surface area contributed by atoms with Crippen LogP contribution in [-0.2, 0) is 42.5 Å². The molecule has 2 aromatic rings. The maximum atomic E-state index is 13.3. The fourth-order valence-electron chi connectivity index (χ4n) is 4.23. The van der Waals surface area contributed by atoms with Gasteiger partial charge in [-0.15, -0.1) is 11.3 Å². The number of oxime groups is 1. The van der Waals surface area contributed by atoms with E-state index in [2.05, 4.69) is 20.3 Å². The van der Waals surface area contributed by atoms with Gasteiger partial charge in [-0.2, -0.15) is 23.4 Å². The van der Waals surface area contributed by atoms with Gasteiger partial charge < -0.3 is 20.8 Å². The van der Waals surface area contributed by atoms with Crippen molar-refractivity contribution in [2.45, 2.75) is 76.2 Å². The van der Waals surface area contributed by atoms with Gasteiger partial charge in [-0.25, -0.2) is 14.1 Å². The molecule has 40 heavy (non-hydrogen) atoms. The van der Waals surface area contributed by atoms with Gasteiger partial charge in [0.25, 0.3) is 0 Å². The molecule has 1 saturated carbocycles. The van der Waals surface area contributed by atoms with Gasteiger partial charge in [-0.1, -0.05) is 12.1 Å². The van der Waals surface area contributed by atoms with E-state index in [4.69, 9.17) is 10.6 Å². The van der Waals surface area contributed by atoms with Crippen LogP contribution in [0.4, 0.5) is 5.13 Å².